The summed E-state index contributed by atoms with van der Waals surface area (Å²) in [4.78, 5) is 5.80. The van der Waals surface area contributed by atoms with Gasteiger partial charge in [0.2, 0.25) is 0 Å². The maximum Gasteiger partial charge on any atom is 0.321 e. The van der Waals surface area contributed by atoms with Crippen molar-refractivity contribution in [3.05, 3.63) is 72.4 Å². The monoisotopic (exact) mass is 464 g/mol. The third-order valence-corrected chi connectivity index (χ3v) is 6.81. The molecule has 0 saturated heterocycles. The molecule has 6 nitrogen and oxygen atoms in total. The van der Waals surface area contributed by atoms with Crippen molar-refractivity contribution in [2.45, 2.75) is 33.1 Å². The van der Waals surface area contributed by atoms with E-state index in [-0.39, 0.29) is 0 Å². The molecule has 33 heavy (non-hydrogen) atoms. The minimum absolute atomic E-state index is 0.525. The first-order valence-electron chi connectivity index (χ1n) is 11.6. The van der Waals surface area contributed by atoms with E-state index in [0.717, 1.165) is 60.6 Å². The minimum Gasteiger partial charge on any atom is -0.361 e. The zero-order chi connectivity index (χ0) is 23.3. The summed E-state index contributed by atoms with van der Waals surface area (Å²) in [7, 11) is -3.78. The molecule has 7 heteroatoms. The lowest BCUT2D eigenvalue weighted by atomic mass is 10.1. The highest BCUT2D eigenvalue weighted by molar-refractivity contribution is 7.94. The third-order valence-electron chi connectivity index (χ3n) is 5.80. The molecule has 0 aliphatic rings. The van der Waals surface area contributed by atoms with E-state index in [1.54, 1.807) is 12.1 Å². The molecule has 1 aromatic heterocycles. The van der Waals surface area contributed by atoms with Crippen LogP contribution in [0.3, 0.4) is 0 Å². The van der Waals surface area contributed by atoms with Crippen molar-refractivity contribution in [2.75, 3.05) is 29.1 Å². The lowest BCUT2D eigenvalue weighted by Crippen LogP contribution is -2.27. The van der Waals surface area contributed by atoms with Gasteiger partial charge in [0, 0.05) is 23.6 Å². The standard InChI is InChI=1S/C26H32N4O2S/c1-3-14-30(15-4-2)16-13-22-19-27-26-12-11-24(18-25(22)26)29-33(31,32)28-23-10-9-20-7-5-6-8-21(20)17-23/h5-12,17-19,27-29H,3-4,13-16H2,1-2H3. The average molecular weight is 465 g/mol. The van der Waals surface area contributed by atoms with E-state index in [0.29, 0.717) is 11.4 Å². The number of anilines is 2. The zero-order valence-corrected chi connectivity index (χ0v) is 20.1. The molecular weight excluding hydrogens is 432 g/mol. The summed E-state index contributed by atoms with van der Waals surface area (Å²) >= 11 is 0. The van der Waals surface area contributed by atoms with Gasteiger partial charge in [0.1, 0.15) is 0 Å². The van der Waals surface area contributed by atoms with Crippen molar-refractivity contribution < 1.29 is 8.42 Å². The van der Waals surface area contributed by atoms with Gasteiger partial charge in [-0.1, -0.05) is 44.2 Å². The van der Waals surface area contributed by atoms with Crippen molar-refractivity contribution in [3.8, 4) is 0 Å². The van der Waals surface area contributed by atoms with Gasteiger partial charge in [0.15, 0.2) is 0 Å². The van der Waals surface area contributed by atoms with Crippen LogP contribution in [0.5, 0.6) is 0 Å². The lowest BCUT2D eigenvalue weighted by Gasteiger charge is -2.20. The number of nitrogens with one attached hydrogen (secondary N) is 3. The maximum atomic E-state index is 12.8. The normalized spacial score (nSPS) is 12.0. The Balaban J connectivity index is 1.48. The number of hydrogen-bond donors (Lipinski definition) is 3. The molecule has 0 aliphatic carbocycles. The third kappa shape index (κ3) is 5.86. The summed E-state index contributed by atoms with van der Waals surface area (Å²) in [6, 6.07) is 19.0. The van der Waals surface area contributed by atoms with E-state index in [1.165, 1.54) is 5.56 Å². The fourth-order valence-corrected chi connectivity index (χ4v) is 5.21. The topological polar surface area (TPSA) is 77.2 Å². The predicted octanol–water partition coefficient (Wildman–Crippen LogP) is 5.75. The molecule has 0 atom stereocenters. The smallest absolute Gasteiger partial charge is 0.321 e. The van der Waals surface area contributed by atoms with E-state index in [9.17, 15) is 8.42 Å². The summed E-state index contributed by atoms with van der Waals surface area (Å²) in [6.07, 6.45) is 5.24. The Labute approximate surface area is 196 Å². The first-order chi connectivity index (χ1) is 16.0. The zero-order valence-electron chi connectivity index (χ0n) is 19.3. The van der Waals surface area contributed by atoms with E-state index < -0.39 is 10.2 Å². The fraction of sp³-hybridized carbons (Fsp3) is 0.308. The van der Waals surface area contributed by atoms with Gasteiger partial charge < -0.3 is 9.88 Å². The number of hydrogen-bond acceptors (Lipinski definition) is 3. The van der Waals surface area contributed by atoms with Crippen molar-refractivity contribution >= 4 is 43.3 Å². The molecule has 0 unspecified atom stereocenters. The molecule has 0 bridgehead atoms. The van der Waals surface area contributed by atoms with Gasteiger partial charge in [0.25, 0.3) is 0 Å². The van der Waals surface area contributed by atoms with Crippen molar-refractivity contribution in [1.29, 1.82) is 0 Å². The highest BCUT2D eigenvalue weighted by atomic mass is 32.2. The number of H-pyrrole nitrogens is 1. The highest BCUT2D eigenvalue weighted by Gasteiger charge is 2.13. The molecule has 174 valence electrons. The molecule has 4 rings (SSSR count). The van der Waals surface area contributed by atoms with Gasteiger partial charge in [-0.05, 0) is 79.0 Å². The summed E-state index contributed by atoms with van der Waals surface area (Å²) in [6.45, 7) is 7.61. The van der Waals surface area contributed by atoms with Gasteiger partial charge in [-0.3, -0.25) is 9.44 Å². The molecular formula is C26H32N4O2S. The first kappa shape index (κ1) is 23.1. The summed E-state index contributed by atoms with van der Waals surface area (Å²) < 4.78 is 30.9. The lowest BCUT2D eigenvalue weighted by molar-refractivity contribution is 0.278. The van der Waals surface area contributed by atoms with Crippen molar-refractivity contribution in [1.82, 2.24) is 9.88 Å². The molecule has 3 N–H and O–H groups in total. The number of benzene rings is 3. The molecule has 0 amide bonds. The second kappa shape index (κ2) is 10.3. The van der Waals surface area contributed by atoms with Crippen LogP contribution >= 0.6 is 0 Å². The van der Waals surface area contributed by atoms with Crippen LogP contribution in [0.15, 0.2) is 66.9 Å². The van der Waals surface area contributed by atoms with Gasteiger partial charge in [0.05, 0.1) is 11.4 Å². The molecule has 0 spiro atoms. The molecule has 3 aromatic carbocycles. The Morgan fingerprint density at radius 2 is 1.48 bits per heavy atom. The van der Waals surface area contributed by atoms with Crippen LogP contribution in [-0.2, 0) is 16.6 Å². The average Bonchev–Trinajstić information content (AvgIpc) is 3.19. The van der Waals surface area contributed by atoms with Crippen LogP contribution in [0.2, 0.25) is 0 Å². The summed E-state index contributed by atoms with van der Waals surface area (Å²) in [5.74, 6) is 0. The number of rotatable bonds is 11. The quantitative estimate of drug-likeness (QED) is 0.264. The van der Waals surface area contributed by atoms with Crippen LogP contribution in [0, 0.1) is 0 Å². The number of fused-ring (bicyclic) bond motifs is 2. The highest BCUT2D eigenvalue weighted by Crippen LogP contribution is 2.25. The van der Waals surface area contributed by atoms with E-state index in [1.807, 2.05) is 54.7 Å². The Morgan fingerprint density at radius 3 is 2.21 bits per heavy atom. The molecule has 1 heterocycles. The van der Waals surface area contributed by atoms with Crippen molar-refractivity contribution in [3.63, 3.8) is 0 Å². The van der Waals surface area contributed by atoms with Crippen LogP contribution in [0.1, 0.15) is 32.3 Å². The Kier molecular flexibility index (Phi) is 7.20. The molecule has 0 radical (unpaired) electrons. The molecule has 4 aromatic rings. The van der Waals surface area contributed by atoms with Crippen molar-refractivity contribution in [2.24, 2.45) is 0 Å². The van der Waals surface area contributed by atoms with Gasteiger partial charge in [-0.15, -0.1) is 0 Å². The molecule has 0 fully saturated rings. The maximum absolute atomic E-state index is 12.8. The van der Waals surface area contributed by atoms with E-state index in [4.69, 9.17) is 0 Å². The summed E-state index contributed by atoms with van der Waals surface area (Å²) in [5, 5.41) is 3.10. The first-order valence-corrected chi connectivity index (χ1v) is 13.1. The van der Waals surface area contributed by atoms with Crippen LogP contribution in [-0.4, -0.2) is 37.9 Å². The Hall–Kier alpha value is -3.03. The van der Waals surface area contributed by atoms with Gasteiger partial charge in [-0.25, -0.2) is 0 Å². The second-order valence-electron chi connectivity index (χ2n) is 8.44. The molecule has 0 aliphatic heterocycles. The van der Waals surface area contributed by atoms with Gasteiger partial charge in [-0.2, -0.15) is 8.42 Å². The fourth-order valence-electron chi connectivity index (χ4n) is 4.28. The number of aromatic amines is 1. The second-order valence-corrected chi connectivity index (χ2v) is 9.85. The van der Waals surface area contributed by atoms with Crippen LogP contribution in [0.25, 0.3) is 21.7 Å². The van der Waals surface area contributed by atoms with E-state index in [2.05, 4.69) is 33.2 Å². The van der Waals surface area contributed by atoms with E-state index >= 15 is 0 Å². The van der Waals surface area contributed by atoms with Gasteiger partial charge >= 0.3 is 10.2 Å². The largest absolute Gasteiger partial charge is 0.361 e. The number of aromatic nitrogens is 1. The Bertz CT molecular complexity index is 1320. The van der Waals surface area contributed by atoms with Crippen LogP contribution < -0.4 is 9.44 Å². The van der Waals surface area contributed by atoms with Crippen LogP contribution in [0.4, 0.5) is 11.4 Å². The number of nitrogens with zero attached hydrogens (tertiary/aromatic N) is 1. The predicted molar refractivity (Wildman–Crippen MR) is 139 cm³/mol. The minimum atomic E-state index is -3.78. The molecule has 0 saturated carbocycles. The summed E-state index contributed by atoms with van der Waals surface area (Å²) in [5.41, 5.74) is 3.27. The Morgan fingerprint density at radius 1 is 0.818 bits per heavy atom. The SMILES string of the molecule is CCCN(CCC)CCc1c[nH]c2ccc(NS(=O)(=O)Nc3ccc4ccccc4c3)cc12.